The Balaban J connectivity index is 1.52. The number of carbonyl (C=O) groups is 1. The molecule has 2 heterocycles. The minimum Gasteiger partial charge on any atom is -0.496 e. The summed E-state index contributed by atoms with van der Waals surface area (Å²) in [7, 11) is 1.64. The molecule has 2 aromatic heterocycles. The Kier molecular flexibility index (Phi) is 5.40. The summed E-state index contributed by atoms with van der Waals surface area (Å²) in [6.45, 7) is 6.01. The van der Waals surface area contributed by atoms with Crippen molar-refractivity contribution in [2.24, 2.45) is 0 Å². The van der Waals surface area contributed by atoms with E-state index >= 15 is 0 Å². The predicted octanol–water partition coefficient (Wildman–Crippen LogP) is 4.32. The van der Waals surface area contributed by atoms with E-state index in [1.54, 1.807) is 7.11 Å². The summed E-state index contributed by atoms with van der Waals surface area (Å²) < 4.78 is 7.30. The van der Waals surface area contributed by atoms with Crippen molar-refractivity contribution in [1.29, 1.82) is 0 Å². The third kappa shape index (κ3) is 3.61. The predicted molar refractivity (Wildman–Crippen MR) is 118 cm³/mol. The van der Waals surface area contributed by atoms with Crippen LogP contribution < -0.4 is 10.1 Å². The number of nitrogens with zero attached hydrogens (tertiary/aromatic N) is 3. The number of aryl methyl sites for hydroxylation is 2. The van der Waals surface area contributed by atoms with Crippen LogP contribution in [0.2, 0.25) is 0 Å². The van der Waals surface area contributed by atoms with Crippen LogP contribution in [0.25, 0.3) is 16.6 Å². The number of methoxy groups -OCH3 is 1. The van der Waals surface area contributed by atoms with Gasteiger partial charge in [0, 0.05) is 28.8 Å². The van der Waals surface area contributed by atoms with Crippen LogP contribution in [0.5, 0.6) is 5.75 Å². The first-order valence-electron chi connectivity index (χ1n) is 10.2. The Bertz CT molecular complexity index is 1230. The molecular formula is C24H26N4O2. The number of nitrogens with one attached hydrogen (secondary N) is 1. The Labute approximate surface area is 175 Å². The normalized spacial score (nSPS) is 12.3. The molecule has 1 amide bonds. The first-order valence-corrected chi connectivity index (χ1v) is 10.2. The number of hydrogen-bond acceptors (Lipinski definition) is 4. The third-order valence-electron chi connectivity index (χ3n) is 5.60. The highest BCUT2D eigenvalue weighted by Crippen LogP contribution is 2.25. The molecule has 4 aromatic rings. The lowest BCUT2D eigenvalue weighted by Crippen LogP contribution is -2.27. The van der Waals surface area contributed by atoms with Gasteiger partial charge in [0.1, 0.15) is 5.75 Å². The van der Waals surface area contributed by atoms with Crippen LogP contribution in [0.15, 0.2) is 48.5 Å². The van der Waals surface area contributed by atoms with Gasteiger partial charge in [-0.15, -0.1) is 0 Å². The second kappa shape index (κ2) is 8.14. The number of fused-ring (bicyclic) bond motifs is 3. The van der Waals surface area contributed by atoms with Gasteiger partial charge in [-0.1, -0.05) is 30.3 Å². The third-order valence-corrected chi connectivity index (χ3v) is 5.60. The smallest absolute Gasteiger partial charge is 0.220 e. The van der Waals surface area contributed by atoms with E-state index < -0.39 is 0 Å². The first-order chi connectivity index (χ1) is 14.5. The van der Waals surface area contributed by atoms with E-state index in [0.29, 0.717) is 12.8 Å². The van der Waals surface area contributed by atoms with E-state index in [9.17, 15) is 4.79 Å². The highest BCUT2D eigenvalue weighted by atomic mass is 16.5. The lowest BCUT2D eigenvalue weighted by Gasteiger charge is -2.17. The molecule has 6 heteroatoms. The maximum atomic E-state index is 12.6. The van der Waals surface area contributed by atoms with Crippen molar-refractivity contribution in [3.8, 4) is 5.75 Å². The van der Waals surface area contributed by atoms with Crippen molar-refractivity contribution in [1.82, 2.24) is 19.9 Å². The van der Waals surface area contributed by atoms with Crippen molar-refractivity contribution in [3.63, 3.8) is 0 Å². The average Bonchev–Trinajstić information content (AvgIpc) is 3.12. The van der Waals surface area contributed by atoms with E-state index in [4.69, 9.17) is 14.8 Å². The van der Waals surface area contributed by atoms with E-state index in [2.05, 4.69) is 5.32 Å². The molecule has 0 bridgehead atoms. The second-order valence-corrected chi connectivity index (χ2v) is 7.54. The van der Waals surface area contributed by atoms with E-state index in [0.717, 1.165) is 44.8 Å². The molecule has 2 aromatic carbocycles. The van der Waals surface area contributed by atoms with Gasteiger partial charge in [0.25, 0.3) is 0 Å². The van der Waals surface area contributed by atoms with E-state index in [1.165, 1.54) is 0 Å². The summed E-state index contributed by atoms with van der Waals surface area (Å²) in [5.41, 5.74) is 5.78. The van der Waals surface area contributed by atoms with Crippen molar-refractivity contribution in [2.75, 3.05) is 7.11 Å². The molecule has 0 spiro atoms. The zero-order valence-corrected chi connectivity index (χ0v) is 17.8. The topological polar surface area (TPSA) is 68.5 Å². The Morgan fingerprint density at radius 1 is 1.13 bits per heavy atom. The molecule has 0 aliphatic rings. The largest absolute Gasteiger partial charge is 0.496 e. The zero-order valence-electron chi connectivity index (χ0n) is 17.8. The van der Waals surface area contributed by atoms with Gasteiger partial charge in [-0.3, -0.25) is 4.79 Å². The summed E-state index contributed by atoms with van der Waals surface area (Å²) >= 11 is 0. The monoisotopic (exact) mass is 402 g/mol. The number of benzene rings is 2. The Morgan fingerprint density at radius 3 is 2.67 bits per heavy atom. The highest BCUT2D eigenvalue weighted by molar-refractivity contribution is 5.92. The minimum absolute atomic E-state index is 0.00192. The van der Waals surface area contributed by atoms with Crippen LogP contribution >= 0.6 is 0 Å². The van der Waals surface area contributed by atoms with E-state index in [1.807, 2.05) is 73.8 Å². The second-order valence-electron chi connectivity index (χ2n) is 7.54. The van der Waals surface area contributed by atoms with Crippen molar-refractivity contribution >= 4 is 22.5 Å². The highest BCUT2D eigenvalue weighted by Gasteiger charge is 2.17. The lowest BCUT2D eigenvalue weighted by atomic mass is 10.0. The summed E-state index contributed by atoms with van der Waals surface area (Å²) in [5.74, 6) is 0.773. The maximum absolute atomic E-state index is 12.6. The average molecular weight is 402 g/mol. The zero-order chi connectivity index (χ0) is 21.3. The summed E-state index contributed by atoms with van der Waals surface area (Å²) in [5, 5.41) is 8.81. The fraction of sp³-hybridized carbons (Fsp3) is 0.292. The quantitative estimate of drug-likeness (QED) is 0.522. The molecule has 0 saturated heterocycles. The molecule has 0 fully saturated rings. The van der Waals surface area contributed by atoms with Crippen LogP contribution in [0, 0.1) is 13.8 Å². The molecule has 0 aliphatic heterocycles. The number of rotatable bonds is 6. The molecule has 0 radical (unpaired) electrons. The molecule has 6 nitrogen and oxygen atoms in total. The molecule has 1 N–H and O–H groups in total. The molecule has 30 heavy (non-hydrogen) atoms. The summed E-state index contributed by atoms with van der Waals surface area (Å²) in [6.07, 6.45) is 0.996. The SMILES string of the molecule is COc1ccccc1[C@H](C)NC(=O)CCc1c(C)nc2c3ccccc3nn2c1C. The van der Waals surface area contributed by atoms with E-state index in [-0.39, 0.29) is 11.9 Å². The van der Waals surface area contributed by atoms with Crippen molar-refractivity contribution in [3.05, 3.63) is 71.0 Å². The number of carbonyl (C=O) groups excluding carboxylic acids is 1. The standard InChI is InChI=1S/C24H26N4O2/c1-15-18(17(3)28-24(26-15)20-10-5-7-11-21(20)27-28)13-14-23(29)25-16(2)19-9-6-8-12-22(19)30-4/h5-12,16H,13-14H2,1-4H3,(H,25,29)/t16-/m0/s1. The van der Waals surface area contributed by atoms with Crippen molar-refractivity contribution < 1.29 is 9.53 Å². The molecule has 0 saturated carbocycles. The number of hydrogen-bond donors (Lipinski definition) is 1. The van der Waals surface area contributed by atoms with Crippen LogP contribution in [-0.2, 0) is 11.2 Å². The van der Waals surface area contributed by atoms with Gasteiger partial charge >= 0.3 is 0 Å². The number of ether oxygens (including phenoxy) is 1. The van der Waals surface area contributed by atoms with Crippen molar-refractivity contribution in [2.45, 2.75) is 39.7 Å². The lowest BCUT2D eigenvalue weighted by molar-refractivity contribution is -0.121. The van der Waals surface area contributed by atoms with Gasteiger partial charge in [-0.05, 0) is 51.0 Å². The molecule has 1 atom stereocenters. The molecular weight excluding hydrogens is 376 g/mol. The van der Waals surface area contributed by atoms with Gasteiger partial charge in [0.15, 0.2) is 5.65 Å². The summed E-state index contributed by atoms with van der Waals surface area (Å²) in [4.78, 5) is 17.4. The van der Waals surface area contributed by atoms with Gasteiger partial charge in [0.2, 0.25) is 5.91 Å². The maximum Gasteiger partial charge on any atom is 0.220 e. The van der Waals surface area contributed by atoms with Crippen LogP contribution in [-0.4, -0.2) is 27.6 Å². The van der Waals surface area contributed by atoms with Gasteiger partial charge in [-0.2, -0.15) is 5.10 Å². The fourth-order valence-electron chi connectivity index (χ4n) is 3.99. The number of para-hydroxylation sites is 1. The van der Waals surface area contributed by atoms with Crippen LogP contribution in [0.4, 0.5) is 0 Å². The van der Waals surface area contributed by atoms with Crippen LogP contribution in [0.3, 0.4) is 0 Å². The summed E-state index contributed by atoms with van der Waals surface area (Å²) in [6, 6.07) is 15.6. The molecule has 4 rings (SSSR count). The van der Waals surface area contributed by atoms with Crippen LogP contribution in [0.1, 0.15) is 41.9 Å². The number of aromatic nitrogens is 3. The van der Waals surface area contributed by atoms with Gasteiger partial charge < -0.3 is 10.1 Å². The molecule has 0 aliphatic carbocycles. The number of amides is 1. The molecule has 0 unspecified atom stereocenters. The Morgan fingerprint density at radius 2 is 1.87 bits per heavy atom. The van der Waals surface area contributed by atoms with Gasteiger partial charge in [0.05, 0.1) is 18.7 Å². The van der Waals surface area contributed by atoms with Gasteiger partial charge in [-0.25, -0.2) is 9.50 Å². The minimum atomic E-state index is -0.132. The fourth-order valence-corrected chi connectivity index (χ4v) is 3.99. The Hall–Kier alpha value is -3.41. The first kappa shape index (κ1) is 19.9. The molecule has 154 valence electrons.